The molecule has 0 amide bonds. The Morgan fingerprint density at radius 2 is 1.45 bits per heavy atom. The van der Waals surface area contributed by atoms with Crippen LogP contribution in [0, 0.1) is 0 Å². The molecule has 0 nitrogen and oxygen atoms in total. The van der Waals surface area contributed by atoms with Gasteiger partial charge in [-0.1, -0.05) is 78.3 Å². The molecule has 0 heterocycles. The Bertz CT molecular complexity index is 576. The Labute approximate surface area is 131 Å². The van der Waals surface area contributed by atoms with Crippen LogP contribution in [0.5, 0.6) is 0 Å². The second kappa shape index (κ2) is 6.13. The summed E-state index contributed by atoms with van der Waals surface area (Å²) in [5.41, 5.74) is 5.67. The third-order valence-electron chi connectivity index (χ3n) is 3.72. The van der Waals surface area contributed by atoms with E-state index in [-0.39, 0.29) is 4.32 Å². The molecule has 0 aliphatic rings. The lowest BCUT2D eigenvalue weighted by atomic mass is 9.89. The van der Waals surface area contributed by atoms with Gasteiger partial charge < -0.3 is 0 Å². The minimum Gasteiger partial charge on any atom is -0.0807 e. The molecule has 2 aromatic carbocycles. The molecule has 0 bridgehead atoms. The van der Waals surface area contributed by atoms with Crippen molar-refractivity contribution in [1.82, 2.24) is 0 Å². The summed E-state index contributed by atoms with van der Waals surface area (Å²) in [6, 6.07) is 17.5. The Morgan fingerprint density at radius 3 is 2.05 bits per heavy atom. The van der Waals surface area contributed by atoms with Gasteiger partial charge in [0.1, 0.15) is 0 Å². The second-order valence-corrected chi connectivity index (χ2v) is 8.14. The summed E-state index contributed by atoms with van der Waals surface area (Å²) in [4.78, 5) is 0. The number of hydrogen-bond donors (Lipinski definition) is 0. The topological polar surface area (TPSA) is 0 Å². The van der Waals surface area contributed by atoms with E-state index in [1.165, 1.54) is 22.3 Å². The molecule has 106 valence electrons. The molecular weight excluding hydrogens is 308 g/mol. The standard InChI is InChI=1S/C19H23Br/c1-14(2)17-11-7-5-9-15(17)13-16-10-6-8-12-18(16)19(3,4)20/h5-12,14H,13H2,1-4H3. The van der Waals surface area contributed by atoms with Crippen LogP contribution in [0.15, 0.2) is 48.5 Å². The minimum absolute atomic E-state index is 0.0103. The van der Waals surface area contributed by atoms with Gasteiger partial charge in [0, 0.05) is 4.32 Å². The van der Waals surface area contributed by atoms with Gasteiger partial charge in [-0.05, 0) is 48.4 Å². The Morgan fingerprint density at radius 1 is 0.900 bits per heavy atom. The smallest absolute Gasteiger partial charge is 0.0452 e. The maximum absolute atomic E-state index is 3.80. The van der Waals surface area contributed by atoms with Gasteiger partial charge in [-0.2, -0.15) is 0 Å². The van der Waals surface area contributed by atoms with E-state index in [0.717, 1.165) is 6.42 Å². The highest BCUT2D eigenvalue weighted by molar-refractivity contribution is 9.09. The van der Waals surface area contributed by atoms with Gasteiger partial charge in [0.15, 0.2) is 0 Å². The van der Waals surface area contributed by atoms with Crippen molar-refractivity contribution in [2.75, 3.05) is 0 Å². The largest absolute Gasteiger partial charge is 0.0807 e. The lowest BCUT2D eigenvalue weighted by Gasteiger charge is -2.22. The zero-order chi connectivity index (χ0) is 14.8. The lowest BCUT2D eigenvalue weighted by molar-refractivity contribution is 0.785. The Kier molecular flexibility index (Phi) is 4.70. The fraction of sp³-hybridized carbons (Fsp3) is 0.368. The molecule has 0 atom stereocenters. The number of halogens is 1. The number of rotatable bonds is 4. The first-order valence-corrected chi connectivity index (χ1v) is 8.04. The summed E-state index contributed by atoms with van der Waals surface area (Å²) in [5, 5.41) is 0. The van der Waals surface area contributed by atoms with Gasteiger partial charge in [0.2, 0.25) is 0 Å². The second-order valence-electron chi connectivity index (χ2n) is 6.16. The predicted octanol–water partition coefficient (Wildman–Crippen LogP) is 6.03. The van der Waals surface area contributed by atoms with Crippen molar-refractivity contribution in [3.8, 4) is 0 Å². The van der Waals surface area contributed by atoms with Crippen LogP contribution >= 0.6 is 15.9 Å². The fourth-order valence-electron chi connectivity index (χ4n) is 2.72. The summed E-state index contributed by atoms with van der Waals surface area (Å²) < 4.78 is 0.0103. The van der Waals surface area contributed by atoms with E-state index in [1.807, 2.05) is 0 Å². The lowest BCUT2D eigenvalue weighted by Crippen LogP contribution is -2.11. The summed E-state index contributed by atoms with van der Waals surface area (Å²) in [5.74, 6) is 0.565. The molecular formula is C19H23Br. The predicted molar refractivity (Wildman–Crippen MR) is 91.7 cm³/mol. The van der Waals surface area contributed by atoms with Crippen molar-refractivity contribution in [1.29, 1.82) is 0 Å². The van der Waals surface area contributed by atoms with Crippen molar-refractivity contribution in [3.63, 3.8) is 0 Å². The summed E-state index contributed by atoms with van der Waals surface area (Å²) in [6.07, 6.45) is 1.000. The van der Waals surface area contributed by atoms with Crippen LogP contribution in [0.3, 0.4) is 0 Å². The molecule has 0 aliphatic carbocycles. The molecule has 2 aromatic rings. The summed E-state index contributed by atoms with van der Waals surface area (Å²) >= 11 is 3.80. The first-order chi connectivity index (χ1) is 9.39. The van der Waals surface area contributed by atoms with Crippen molar-refractivity contribution in [2.45, 2.75) is 44.4 Å². The van der Waals surface area contributed by atoms with Gasteiger partial charge in [-0.3, -0.25) is 0 Å². The minimum atomic E-state index is 0.0103. The van der Waals surface area contributed by atoms with Gasteiger partial charge in [0.05, 0.1) is 0 Å². The normalized spacial score (nSPS) is 11.9. The first kappa shape index (κ1) is 15.3. The molecule has 0 N–H and O–H groups in total. The third kappa shape index (κ3) is 3.52. The molecule has 0 aliphatic heterocycles. The molecule has 0 saturated carbocycles. The highest BCUT2D eigenvalue weighted by atomic mass is 79.9. The SMILES string of the molecule is CC(C)c1ccccc1Cc1ccccc1C(C)(C)Br. The Hall–Kier alpha value is -1.08. The first-order valence-electron chi connectivity index (χ1n) is 7.24. The summed E-state index contributed by atoms with van der Waals surface area (Å²) in [7, 11) is 0. The van der Waals surface area contributed by atoms with Crippen molar-refractivity contribution in [2.24, 2.45) is 0 Å². The molecule has 0 spiro atoms. The molecule has 0 radical (unpaired) electrons. The van der Waals surface area contributed by atoms with Crippen LogP contribution in [0.4, 0.5) is 0 Å². The molecule has 0 saturated heterocycles. The van der Waals surface area contributed by atoms with Crippen LogP contribution in [0.25, 0.3) is 0 Å². The molecule has 0 aromatic heterocycles. The number of benzene rings is 2. The van der Waals surface area contributed by atoms with Crippen molar-refractivity contribution < 1.29 is 0 Å². The highest BCUT2D eigenvalue weighted by Gasteiger charge is 2.19. The zero-order valence-electron chi connectivity index (χ0n) is 12.8. The zero-order valence-corrected chi connectivity index (χ0v) is 14.4. The molecule has 0 unspecified atom stereocenters. The Balaban J connectivity index is 2.41. The average molecular weight is 331 g/mol. The van der Waals surface area contributed by atoms with E-state index in [1.54, 1.807) is 0 Å². The van der Waals surface area contributed by atoms with Gasteiger partial charge in [-0.25, -0.2) is 0 Å². The van der Waals surface area contributed by atoms with Crippen LogP contribution in [0.2, 0.25) is 0 Å². The maximum atomic E-state index is 3.80. The van der Waals surface area contributed by atoms with Crippen LogP contribution < -0.4 is 0 Å². The van der Waals surface area contributed by atoms with Gasteiger partial charge in [0.25, 0.3) is 0 Å². The van der Waals surface area contributed by atoms with E-state index in [9.17, 15) is 0 Å². The number of alkyl halides is 1. The van der Waals surface area contributed by atoms with E-state index in [2.05, 4.69) is 92.2 Å². The highest BCUT2D eigenvalue weighted by Crippen LogP contribution is 2.34. The fourth-order valence-corrected chi connectivity index (χ4v) is 3.10. The van der Waals surface area contributed by atoms with E-state index in [0.29, 0.717) is 5.92 Å². The van der Waals surface area contributed by atoms with Crippen LogP contribution in [-0.2, 0) is 10.7 Å². The van der Waals surface area contributed by atoms with E-state index >= 15 is 0 Å². The summed E-state index contributed by atoms with van der Waals surface area (Å²) in [6.45, 7) is 8.94. The molecule has 0 fully saturated rings. The monoisotopic (exact) mass is 330 g/mol. The molecule has 1 heteroatoms. The average Bonchev–Trinajstić information content (AvgIpc) is 2.38. The van der Waals surface area contributed by atoms with Crippen LogP contribution in [-0.4, -0.2) is 0 Å². The molecule has 2 rings (SSSR count). The van der Waals surface area contributed by atoms with E-state index in [4.69, 9.17) is 0 Å². The molecule has 20 heavy (non-hydrogen) atoms. The van der Waals surface area contributed by atoms with Crippen LogP contribution in [0.1, 0.15) is 55.9 Å². The van der Waals surface area contributed by atoms with Crippen molar-refractivity contribution in [3.05, 3.63) is 70.8 Å². The van der Waals surface area contributed by atoms with Gasteiger partial charge >= 0.3 is 0 Å². The maximum Gasteiger partial charge on any atom is 0.0452 e. The van der Waals surface area contributed by atoms with Gasteiger partial charge in [-0.15, -0.1) is 0 Å². The van der Waals surface area contributed by atoms with Crippen molar-refractivity contribution >= 4 is 15.9 Å². The quantitative estimate of drug-likeness (QED) is 0.600. The van der Waals surface area contributed by atoms with E-state index < -0.39 is 0 Å². The number of hydrogen-bond acceptors (Lipinski definition) is 0. The third-order valence-corrected chi connectivity index (χ3v) is 4.14.